The summed E-state index contributed by atoms with van der Waals surface area (Å²) in [7, 11) is 0. The van der Waals surface area contributed by atoms with E-state index in [4.69, 9.17) is 22.1 Å². The van der Waals surface area contributed by atoms with Gasteiger partial charge in [0.1, 0.15) is 11.3 Å². The summed E-state index contributed by atoms with van der Waals surface area (Å²) in [5, 5.41) is 11.4. The Balaban J connectivity index is 1.86. The molecular weight excluding hydrogens is 380 g/mol. The maximum Gasteiger partial charge on any atom is 0.344 e. The molecule has 1 aliphatic heterocycles. The van der Waals surface area contributed by atoms with Crippen LogP contribution in [0.3, 0.4) is 0 Å². The Morgan fingerprint density at radius 1 is 1.14 bits per heavy atom. The van der Waals surface area contributed by atoms with E-state index in [1.165, 1.54) is 17.9 Å². The van der Waals surface area contributed by atoms with Gasteiger partial charge in [0.2, 0.25) is 0 Å². The summed E-state index contributed by atoms with van der Waals surface area (Å²) in [5.74, 6) is -1.82. The number of nitrogens with one attached hydrogen (secondary N) is 1. The van der Waals surface area contributed by atoms with Gasteiger partial charge in [-0.2, -0.15) is 0 Å². The number of carbonyl (C=O) groups excluding carboxylic acids is 2. The summed E-state index contributed by atoms with van der Waals surface area (Å²) in [6, 6.07) is 15.2. The Labute approximate surface area is 166 Å². The molecule has 0 aliphatic carbocycles. The quantitative estimate of drug-likeness (QED) is 0.458. The maximum absolute atomic E-state index is 12.9. The molecule has 142 valence electrons. The van der Waals surface area contributed by atoms with E-state index in [9.17, 15) is 14.4 Å². The first kappa shape index (κ1) is 19.2. The highest BCUT2D eigenvalue weighted by Crippen LogP contribution is 2.22. The largest absolute Gasteiger partial charge is 0.479 e. The Hall–Kier alpha value is -3.52. The fourth-order valence-corrected chi connectivity index (χ4v) is 2.81. The van der Waals surface area contributed by atoms with Gasteiger partial charge in [0.05, 0.1) is 5.69 Å². The second-order valence-corrected chi connectivity index (χ2v) is 6.35. The van der Waals surface area contributed by atoms with Crippen molar-refractivity contribution >= 4 is 46.9 Å². The van der Waals surface area contributed by atoms with Crippen molar-refractivity contribution in [2.24, 2.45) is 0 Å². The van der Waals surface area contributed by atoms with E-state index < -0.39 is 23.9 Å². The minimum Gasteiger partial charge on any atom is -0.479 e. The average molecular weight is 396 g/mol. The molecule has 1 heterocycles. The molecule has 0 spiro atoms. The van der Waals surface area contributed by atoms with E-state index in [0.717, 1.165) is 0 Å². The van der Waals surface area contributed by atoms with Gasteiger partial charge in [-0.15, -0.1) is 0 Å². The van der Waals surface area contributed by atoms with Crippen LogP contribution in [0, 0.1) is 0 Å². The van der Waals surface area contributed by atoms with Gasteiger partial charge in [-0.25, -0.2) is 4.79 Å². The highest BCUT2D eigenvalue weighted by Gasteiger charge is 2.34. The maximum atomic E-state index is 12.9. The van der Waals surface area contributed by atoms with Gasteiger partial charge in [0.15, 0.2) is 11.2 Å². The van der Waals surface area contributed by atoms with Gasteiger partial charge in [-0.05, 0) is 55.0 Å². The Morgan fingerprint density at radius 2 is 1.79 bits per heavy atom. The van der Waals surface area contributed by atoms with Gasteiger partial charge in [0, 0.05) is 0 Å². The van der Waals surface area contributed by atoms with Crippen molar-refractivity contribution in [2.45, 2.75) is 13.0 Å². The first-order valence-corrected chi connectivity index (χ1v) is 8.73. The predicted molar refractivity (Wildman–Crippen MR) is 107 cm³/mol. The second-order valence-electron chi connectivity index (χ2n) is 5.96. The minimum atomic E-state index is -1.08. The molecule has 1 unspecified atom stereocenters. The van der Waals surface area contributed by atoms with Crippen molar-refractivity contribution in [3.05, 3.63) is 65.7 Å². The number of amides is 2. The predicted octanol–water partition coefficient (Wildman–Crippen LogP) is 2.37. The molecule has 2 aromatic carbocycles. The van der Waals surface area contributed by atoms with Gasteiger partial charge in [-0.3, -0.25) is 19.8 Å². The third-order valence-corrected chi connectivity index (χ3v) is 4.25. The molecule has 7 nitrogen and oxygen atoms in total. The zero-order valence-corrected chi connectivity index (χ0v) is 15.6. The molecule has 0 radical (unpaired) electrons. The molecule has 1 aliphatic rings. The average Bonchev–Trinajstić information content (AvgIpc) is 2.67. The summed E-state index contributed by atoms with van der Waals surface area (Å²) in [4.78, 5) is 37.2. The molecule has 2 amide bonds. The molecule has 1 atom stereocenters. The normalized spacial score (nSPS) is 16.7. The number of hydrogen-bond acceptors (Lipinski definition) is 5. The Bertz CT molecular complexity index is 970. The highest BCUT2D eigenvalue weighted by atomic mass is 32.1. The number of thiocarbonyl (C=S) groups is 1. The lowest BCUT2D eigenvalue weighted by atomic mass is 10.1. The number of benzene rings is 2. The number of anilines is 1. The number of carboxylic acid groups (broad SMARTS) is 1. The number of rotatable bonds is 5. The van der Waals surface area contributed by atoms with E-state index in [-0.39, 0.29) is 10.7 Å². The molecule has 2 aromatic rings. The van der Waals surface area contributed by atoms with Crippen LogP contribution in [-0.2, 0) is 14.4 Å². The third-order valence-electron chi connectivity index (χ3n) is 3.97. The van der Waals surface area contributed by atoms with Crippen LogP contribution < -0.4 is 15.0 Å². The van der Waals surface area contributed by atoms with Crippen molar-refractivity contribution in [3.63, 3.8) is 0 Å². The topological polar surface area (TPSA) is 95.9 Å². The molecule has 0 aromatic heterocycles. The summed E-state index contributed by atoms with van der Waals surface area (Å²) in [6.45, 7) is 1.42. The molecule has 1 fully saturated rings. The first-order chi connectivity index (χ1) is 13.4. The van der Waals surface area contributed by atoms with Gasteiger partial charge in [0.25, 0.3) is 11.8 Å². The molecule has 0 saturated carbocycles. The molecule has 2 N–H and O–H groups in total. The standard InChI is InChI=1S/C20H16N2O5S/c1-12(19(25)26)27-15-9-7-13(8-10-15)11-16-17(23)21-20(28)22(18(16)24)14-5-3-2-4-6-14/h2-12H,1H3,(H,25,26)(H,21,23,28)/b16-11+. The molecule has 1 saturated heterocycles. The molecule has 28 heavy (non-hydrogen) atoms. The number of nitrogens with zero attached hydrogens (tertiary/aromatic N) is 1. The number of aliphatic carboxylic acids is 1. The number of carboxylic acids is 1. The lowest BCUT2D eigenvalue weighted by Crippen LogP contribution is -2.54. The van der Waals surface area contributed by atoms with E-state index in [0.29, 0.717) is 17.0 Å². The van der Waals surface area contributed by atoms with Crippen LogP contribution in [0.1, 0.15) is 12.5 Å². The third kappa shape index (κ3) is 4.07. The fourth-order valence-electron chi connectivity index (χ4n) is 2.53. The van der Waals surface area contributed by atoms with Crippen LogP contribution in [0.15, 0.2) is 60.2 Å². The fraction of sp³-hybridized carbons (Fsp3) is 0.100. The number of carbonyl (C=O) groups is 3. The van der Waals surface area contributed by atoms with Gasteiger partial charge >= 0.3 is 5.97 Å². The minimum absolute atomic E-state index is 0.0183. The van der Waals surface area contributed by atoms with Gasteiger partial charge < -0.3 is 9.84 Å². The van der Waals surface area contributed by atoms with E-state index in [2.05, 4.69) is 5.32 Å². The van der Waals surface area contributed by atoms with Crippen LogP contribution >= 0.6 is 12.2 Å². The monoisotopic (exact) mass is 396 g/mol. The summed E-state index contributed by atoms with van der Waals surface area (Å²) in [6.07, 6.45) is 0.454. The summed E-state index contributed by atoms with van der Waals surface area (Å²) in [5.41, 5.74) is 1.06. The Kier molecular flexibility index (Phi) is 5.51. The zero-order chi connectivity index (χ0) is 20.3. The molecule has 3 rings (SSSR count). The van der Waals surface area contributed by atoms with Crippen LogP contribution in [-0.4, -0.2) is 34.1 Å². The number of hydrogen-bond donors (Lipinski definition) is 2. The second kappa shape index (κ2) is 8.01. The van der Waals surface area contributed by atoms with E-state index in [1.807, 2.05) is 6.07 Å². The van der Waals surface area contributed by atoms with Crippen LogP contribution in [0.5, 0.6) is 5.75 Å². The van der Waals surface area contributed by atoms with Crippen LogP contribution in [0.25, 0.3) is 6.08 Å². The number of ether oxygens (including phenoxy) is 1. The number of para-hydroxylation sites is 1. The van der Waals surface area contributed by atoms with E-state index in [1.54, 1.807) is 48.5 Å². The van der Waals surface area contributed by atoms with E-state index >= 15 is 0 Å². The van der Waals surface area contributed by atoms with Crippen LogP contribution in [0.2, 0.25) is 0 Å². The SMILES string of the molecule is CC(Oc1ccc(/C=C2\C(=O)NC(=S)N(c3ccccc3)C2=O)cc1)C(=O)O. The molecule has 0 bridgehead atoms. The highest BCUT2D eigenvalue weighted by molar-refractivity contribution is 7.80. The molecular formula is C20H16N2O5S. The van der Waals surface area contributed by atoms with Crippen molar-refractivity contribution < 1.29 is 24.2 Å². The van der Waals surface area contributed by atoms with Crippen LogP contribution in [0.4, 0.5) is 5.69 Å². The lowest BCUT2D eigenvalue weighted by molar-refractivity contribution is -0.144. The summed E-state index contributed by atoms with van der Waals surface area (Å²) >= 11 is 5.14. The van der Waals surface area contributed by atoms with Crippen molar-refractivity contribution in [2.75, 3.05) is 4.90 Å². The smallest absolute Gasteiger partial charge is 0.344 e. The van der Waals surface area contributed by atoms with Crippen molar-refractivity contribution in [1.29, 1.82) is 0 Å². The zero-order valence-electron chi connectivity index (χ0n) is 14.8. The Morgan fingerprint density at radius 3 is 2.39 bits per heavy atom. The van der Waals surface area contributed by atoms with Crippen molar-refractivity contribution in [3.8, 4) is 5.75 Å². The van der Waals surface area contributed by atoms with Gasteiger partial charge in [-0.1, -0.05) is 30.3 Å². The van der Waals surface area contributed by atoms with Crippen molar-refractivity contribution in [1.82, 2.24) is 5.32 Å². The first-order valence-electron chi connectivity index (χ1n) is 8.33. The molecule has 8 heteroatoms. The summed E-state index contributed by atoms with van der Waals surface area (Å²) < 4.78 is 5.26. The lowest BCUT2D eigenvalue weighted by Gasteiger charge is -2.28.